The highest BCUT2D eigenvalue weighted by Gasteiger charge is 2.29. The molecular weight excluding hydrogens is 166 g/mol. The van der Waals surface area contributed by atoms with Gasteiger partial charge < -0.3 is 9.64 Å². The van der Waals surface area contributed by atoms with Crippen molar-refractivity contribution in [2.24, 2.45) is 5.92 Å². The van der Waals surface area contributed by atoms with Crippen LogP contribution < -0.4 is 0 Å². The normalized spacial score (nSPS) is 16.2. The summed E-state index contributed by atoms with van der Waals surface area (Å²) in [6.07, 6.45) is 6.94. The zero-order valence-corrected chi connectivity index (χ0v) is 7.95. The van der Waals surface area contributed by atoms with Gasteiger partial charge in [0.15, 0.2) is 0 Å². The van der Waals surface area contributed by atoms with Crippen molar-refractivity contribution < 1.29 is 9.53 Å². The van der Waals surface area contributed by atoms with Gasteiger partial charge in [-0.25, -0.2) is 4.79 Å². The van der Waals surface area contributed by atoms with Crippen molar-refractivity contribution >= 4 is 6.09 Å². The first-order valence-electron chi connectivity index (χ1n) is 4.65. The Morgan fingerprint density at radius 3 is 2.92 bits per heavy atom. The minimum atomic E-state index is -0.222. The molecule has 0 aromatic rings. The van der Waals surface area contributed by atoms with Crippen LogP contribution in [0.4, 0.5) is 4.79 Å². The summed E-state index contributed by atoms with van der Waals surface area (Å²) in [5, 5.41) is 0. The van der Waals surface area contributed by atoms with Crippen molar-refractivity contribution in [3.05, 3.63) is 0 Å². The molecule has 72 valence electrons. The fraction of sp³-hybridized carbons (Fsp3) is 0.700. The van der Waals surface area contributed by atoms with Gasteiger partial charge in [0.05, 0.1) is 12.5 Å². The summed E-state index contributed by atoms with van der Waals surface area (Å²) in [5.41, 5.74) is 0. The van der Waals surface area contributed by atoms with E-state index in [0.29, 0.717) is 19.7 Å². The van der Waals surface area contributed by atoms with Gasteiger partial charge in [0.1, 0.15) is 0 Å². The van der Waals surface area contributed by atoms with Gasteiger partial charge in [0.25, 0.3) is 0 Å². The summed E-state index contributed by atoms with van der Waals surface area (Å²) in [7, 11) is 0. The fourth-order valence-corrected chi connectivity index (χ4v) is 1.13. The molecule has 0 unspecified atom stereocenters. The number of amides is 1. The molecule has 1 fully saturated rings. The topological polar surface area (TPSA) is 29.5 Å². The van der Waals surface area contributed by atoms with Gasteiger partial charge in [-0.1, -0.05) is 19.3 Å². The molecule has 1 heterocycles. The maximum atomic E-state index is 11.2. The van der Waals surface area contributed by atoms with E-state index in [-0.39, 0.29) is 12.0 Å². The standard InChI is InChI=1S/C10H15NO2/c1-3-5-6-13-10(12)11-7-9(4-2)8-11/h2,9H,3,5-8H2,1H3. The van der Waals surface area contributed by atoms with E-state index in [2.05, 4.69) is 12.8 Å². The SMILES string of the molecule is C#CC1CN(C(=O)OCCCC)C1. The van der Waals surface area contributed by atoms with Crippen LogP contribution in [-0.4, -0.2) is 30.7 Å². The molecule has 0 saturated carbocycles. The highest BCUT2D eigenvalue weighted by atomic mass is 16.6. The number of hydrogen-bond donors (Lipinski definition) is 0. The van der Waals surface area contributed by atoms with Gasteiger partial charge in [-0.15, -0.1) is 6.42 Å². The molecule has 0 aromatic heterocycles. The van der Waals surface area contributed by atoms with E-state index < -0.39 is 0 Å². The second kappa shape index (κ2) is 4.76. The van der Waals surface area contributed by atoms with Crippen molar-refractivity contribution in [2.75, 3.05) is 19.7 Å². The van der Waals surface area contributed by atoms with Crippen molar-refractivity contribution in [3.8, 4) is 12.3 Å². The number of terminal acetylenes is 1. The van der Waals surface area contributed by atoms with E-state index in [0.717, 1.165) is 12.8 Å². The van der Waals surface area contributed by atoms with Gasteiger partial charge in [-0.3, -0.25) is 0 Å². The fourth-order valence-electron chi connectivity index (χ4n) is 1.13. The third-order valence-electron chi connectivity index (χ3n) is 2.10. The Morgan fingerprint density at radius 2 is 2.38 bits per heavy atom. The van der Waals surface area contributed by atoms with Crippen LogP contribution in [0.3, 0.4) is 0 Å². The van der Waals surface area contributed by atoms with Gasteiger partial charge in [0.2, 0.25) is 0 Å². The van der Waals surface area contributed by atoms with Gasteiger partial charge in [-0.05, 0) is 6.42 Å². The van der Waals surface area contributed by atoms with Crippen LogP contribution in [0, 0.1) is 18.3 Å². The van der Waals surface area contributed by atoms with Crippen molar-refractivity contribution in [3.63, 3.8) is 0 Å². The lowest BCUT2D eigenvalue weighted by molar-refractivity contribution is 0.0665. The summed E-state index contributed by atoms with van der Waals surface area (Å²) in [4.78, 5) is 12.8. The molecule has 0 aliphatic carbocycles. The molecule has 1 saturated heterocycles. The number of unbranched alkanes of at least 4 members (excludes halogenated alkanes) is 1. The second-order valence-corrected chi connectivity index (χ2v) is 3.24. The number of ether oxygens (including phenoxy) is 1. The second-order valence-electron chi connectivity index (χ2n) is 3.24. The molecule has 0 atom stereocenters. The molecule has 0 bridgehead atoms. The average Bonchev–Trinajstić information content (AvgIpc) is 2.03. The number of carbonyl (C=O) groups excluding carboxylic acids is 1. The minimum Gasteiger partial charge on any atom is -0.449 e. The van der Waals surface area contributed by atoms with Crippen molar-refractivity contribution in [1.29, 1.82) is 0 Å². The zero-order chi connectivity index (χ0) is 9.68. The predicted octanol–water partition coefficient (Wildman–Crippen LogP) is 1.49. The Bertz CT molecular complexity index is 213. The van der Waals surface area contributed by atoms with Gasteiger partial charge in [0, 0.05) is 13.1 Å². The van der Waals surface area contributed by atoms with Gasteiger partial charge in [-0.2, -0.15) is 0 Å². The van der Waals surface area contributed by atoms with Crippen LogP contribution in [-0.2, 0) is 4.74 Å². The minimum absolute atomic E-state index is 0.222. The van der Waals surface area contributed by atoms with E-state index in [1.54, 1.807) is 4.90 Å². The summed E-state index contributed by atoms with van der Waals surface area (Å²) < 4.78 is 5.00. The molecule has 0 radical (unpaired) electrons. The lowest BCUT2D eigenvalue weighted by Gasteiger charge is -2.35. The summed E-state index contributed by atoms with van der Waals surface area (Å²) in [6, 6.07) is 0. The van der Waals surface area contributed by atoms with Crippen LogP contribution in [0.5, 0.6) is 0 Å². The predicted molar refractivity (Wildman–Crippen MR) is 50.2 cm³/mol. The van der Waals surface area contributed by atoms with E-state index in [1.165, 1.54) is 0 Å². The van der Waals surface area contributed by atoms with E-state index >= 15 is 0 Å². The number of likely N-dealkylation sites (tertiary alicyclic amines) is 1. The lowest BCUT2D eigenvalue weighted by Crippen LogP contribution is -2.49. The maximum absolute atomic E-state index is 11.2. The Morgan fingerprint density at radius 1 is 1.69 bits per heavy atom. The Kier molecular flexibility index (Phi) is 3.63. The van der Waals surface area contributed by atoms with E-state index in [1.807, 2.05) is 0 Å². The third-order valence-corrected chi connectivity index (χ3v) is 2.10. The summed E-state index contributed by atoms with van der Waals surface area (Å²) in [6.45, 7) is 3.89. The van der Waals surface area contributed by atoms with E-state index in [4.69, 9.17) is 11.2 Å². The average molecular weight is 181 g/mol. The molecule has 0 spiro atoms. The van der Waals surface area contributed by atoms with Gasteiger partial charge >= 0.3 is 6.09 Å². The van der Waals surface area contributed by atoms with Crippen molar-refractivity contribution in [1.82, 2.24) is 4.90 Å². The largest absolute Gasteiger partial charge is 0.449 e. The van der Waals surface area contributed by atoms with E-state index in [9.17, 15) is 4.79 Å². The maximum Gasteiger partial charge on any atom is 0.409 e. The van der Waals surface area contributed by atoms with Crippen LogP contribution in [0.15, 0.2) is 0 Å². The molecule has 0 N–H and O–H groups in total. The number of carbonyl (C=O) groups is 1. The van der Waals surface area contributed by atoms with Crippen LogP contribution in [0.25, 0.3) is 0 Å². The molecule has 1 rings (SSSR count). The first-order chi connectivity index (χ1) is 6.27. The molecule has 1 aliphatic heterocycles. The third kappa shape index (κ3) is 2.66. The highest BCUT2D eigenvalue weighted by molar-refractivity contribution is 5.68. The molecule has 3 heteroatoms. The number of rotatable bonds is 3. The summed E-state index contributed by atoms with van der Waals surface area (Å²) >= 11 is 0. The number of hydrogen-bond acceptors (Lipinski definition) is 2. The van der Waals surface area contributed by atoms with Crippen molar-refractivity contribution in [2.45, 2.75) is 19.8 Å². The molecular formula is C10H15NO2. The molecule has 1 aliphatic rings. The van der Waals surface area contributed by atoms with Crippen LogP contribution >= 0.6 is 0 Å². The quantitative estimate of drug-likeness (QED) is 0.487. The molecule has 1 amide bonds. The number of nitrogens with zero attached hydrogens (tertiary/aromatic N) is 1. The molecule has 13 heavy (non-hydrogen) atoms. The molecule has 0 aromatic carbocycles. The Labute approximate surface area is 79.1 Å². The highest BCUT2D eigenvalue weighted by Crippen LogP contribution is 2.15. The zero-order valence-electron chi connectivity index (χ0n) is 7.95. The monoisotopic (exact) mass is 181 g/mol. The first kappa shape index (κ1) is 9.91. The Hall–Kier alpha value is -1.17. The smallest absolute Gasteiger partial charge is 0.409 e. The molecule has 3 nitrogen and oxygen atoms in total. The first-order valence-corrected chi connectivity index (χ1v) is 4.65. The van der Waals surface area contributed by atoms with Crippen LogP contribution in [0.2, 0.25) is 0 Å². The summed E-state index contributed by atoms with van der Waals surface area (Å²) in [5.74, 6) is 2.84. The Balaban J connectivity index is 2.09. The lowest BCUT2D eigenvalue weighted by atomic mass is 10.0. The van der Waals surface area contributed by atoms with Crippen LogP contribution in [0.1, 0.15) is 19.8 Å².